The minimum absolute atomic E-state index is 0.443. The lowest BCUT2D eigenvalue weighted by Gasteiger charge is -2.29. The highest BCUT2D eigenvalue weighted by atomic mass is 16.5. The second kappa shape index (κ2) is 5.11. The van der Waals surface area contributed by atoms with Crippen molar-refractivity contribution in [2.24, 2.45) is 5.92 Å². The monoisotopic (exact) mass is 248 g/mol. The van der Waals surface area contributed by atoms with Gasteiger partial charge in [0.15, 0.2) is 5.60 Å². The van der Waals surface area contributed by atoms with Crippen LogP contribution in [-0.2, 0) is 15.1 Å². The van der Waals surface area contributed by atoms with Crippen molar-refractivity contribution in [2.45, 2.75) is 38.7 Å². The summed E-state index contributed by atoms with van der Waals surface area (Å²) < 4.78 is 5.79. The van der Waals surface area contributed by atoms with E-state index in [9.17, 15) is 9.90 Å². The van der Waals surface area contributed by atoms with Crippen molar-refractivity contribution < 1.29 is 14.6 Å². The van der Waals surface area contributed by atoms with E-state index in [2.05, 4.69) is 0 Å². The van der Waals surface area contributed by atoms with Gasteiger partial charge in [-0.05, 0) is 37.7 Å². The van der Waals surface area contributed by atoms with Crippen molar-refractivity contribution in [2.75, 3.05) is 6.61 Å². The van der Waals surface area contributed by atoms with E-state index in [1.54, 1.807) is 0 Å². The van der Waals surface area contributed by atoms with E-state index in [0.717, 1.165) is 24.0 Å². The summed E-state index contributed by atoms with van der Waals surface area (Å²) >= 11 is 0. The molecule has 1 aliphatic rings. The van der Waals surface area contributed by atoms with Gasteiger partial charge in [0.2, 0.25) is 0 Å². The number of aryl methyl sites for hydroxylation is 1. The zero-order chi connectivity index (χ0) is 13.2. The van der Waals surface area contributed by atoms with Crippen molar-refractivity contribution in [1.29, 1.82) is 0 Å². The Morgan fingerprint density at radius 2 is 2.00 bits per heavy atom. The number of ether oxygens (including phenoxy) is 1. The maximum atomic E-state index is 11.6. The van der Waals surface area contributed by atoms with Gasteiger partial charge in [0.1, 0.15) is 0 Å². The first-order chi connectivity index (χ1) is 8.58. The van der Waals surface area contributed by atoms with Gasteiger partial charge in [-0.2, -0.15) is 0 Å². The normalized spacial score (nSPS) is 18.3. The fourth-order valence-corrected chi connectivity index (χ4v) is 2.09. The number of hydrogen-bond acceptors (Lipinski definition) is 2. The Bertz CT molecular complexity index is 420. The molecular weight excluding hydrogens is 228 g/mol. The molecule has 1 saturated carbocycles. The zero-order valence-corrected chi connectivity index (χ0v) is 11.0. The summed E-state index contributed by atoms with van der Waals surface area (Å²) in [5, 5.41) is 9.55. The molecule has 1 aromatic carbocycles. The summed E-state index contributed by atoms with van der Waals surface area (Å²) in [6, 6.07) is 7.59. The van der Waals surface area contributed by atoms with E-state index in [1.807, 2.05) is 38.1 Å². The smallest absolute Gasteiger partial charge is 0.340 e. The van der Waals surface area contributed by atoms with E-state index in [-0.39, 0.29) is 0 Å². The molecule has 3 nitrogen and oxygen atoms in total. The molecule has 1 unspecified atom stereocenters. The van der Waals surface area contributed by atoms with Crippen LogP contribution >= 0.6 is 0 Å². The second-order valence-electron chi connectivity index (χ2n) is 5.11. The minimum atomic E-state index is -1.18. The molecule has 1 fully saturated rings. The lowest BCUT2D eigenvalue weighted by atomic mass is 9.90. The molecule has 1 aliphatic carbocycles. The highest BCUT2D eigenvalue weighted by Gasteiger charge is 2.41. The molecule has 1 aromatic rings. The standard InChI is InChI=1S/C15H20O3/c1-3-15(14(16)17,18-10-12-6-7-12)13-8-4-11(2)5-9-13/h4-5,8-9,12H,3,6-7,10H2,1-2H3,(H,16,17). The van der Waals surface area contributed by atoms with Crippen molar-refractivity contribution in [3.63, 3.8) is 0 Å². The summed E-state index contributed by atoms with van der Waals surface area (Å²) in [4.78, 5) is 11.6. The lowest BCUT2D eigenvalue weighted by molar-refractivity contribution is -0.169. The minimum Gasteiger partial charge on any atom is -0.479 e. The Kier molecular flexibility index (Phi) is 3.71. The van der Waals surface area contributed by atoms with Crippen LogP contribution in [0.25, 0.3) is 0 Å². The van der Waals surface area contributed by atoms with Crippen molar-refractivity contribution in [3.05, 3.63) is 35.4 Å². The zero-order valence-electron chi connectivity index (χ0n) is 11.0. The number of aliphatic carboxylic acids is 1. The van der Waals surface area contributed by atoms with Crippen LogP contribution in [-0.4, -0.2) is 17.7 Å². The molecule has 0 aromatic heterocycles. The molecule has 2 rings (SSSR count). The van der Waals surface area contributed by atoms with E-state index >= 15 is 0 Å². The van der Waals surface area contributed by atoms with Gasteiger partial charge in [-0.25, -0.2) is 4.79 Å². The third kappa shape index (κ3) is 2.56. The quantitative estimate of drug-likeness (QED) is 0.841. The average molecular weight is 248 g/mol. The third-order valence-corrected chi connectivity index (χ3v) is 3.62. The van der Waals surface area contributed by atoms with Crippen molar-refractivity contribution >= 4 is 5.97 Å². The summed E-state index contributed by atoms with van der Waals surface area (Å²) in [6.45, 7) is 4.40. The van der Waals surface area contributed by atoms with Gasteiger partial charge in [-0.1, -0.05) is 36.8 Å². The predicted octanol–water partition coefficient (Wildman–Crippen LogP) is 3.11. The van der Waals surface area contributed by atoms with E-state index < -0.39 is 11.6 Å². The Morgan fingerprint density at radius 1 is 1.39 bits per heavy atom. The van der Waals surface area contributed by atoms with Gasteiger partial charge in [-0.3, -0.25) is 0 Å². The largest absolute Gasteiger partial charge is 0.479 e. The Labute approximate surface area is 108 Å². The molecule has 1 atom stereocenters. The Balaban J connectivity index is 2.26. The number of carboxylic acid groups (broad SMARTS) is 1. The molecule has 0 radical (unpaired) electrons. The topological polar surface area (TPSA) is 46.5 Å². The van der Waals surface area contributed by atoms with Gasteiger partial charge >= 0.3 is 5.97 Å². The fourth-order valence-electron chi connectivity index (χ4n) is 2.09. The molecule has 0 heterocycles. The van der Waals surface area contributed by atoms with Crippen LogP contribution in [0.4, 0.5) is 0 Å². The van der Waals surface area contributed by atoms with E-state index in [4.69, 9.17) is 4.74 Å². The number of hydrogen-bond donors (Lipinski definition) is 1. The molecule has 0 aliphatic heterocycles. The van der Waals surface area contributed by atoms with Crippen molar-refractivity contribution in [3.8, 4) is 0 Å². The molecular formula is C15H20O3. The number of carbonyl (C=O) groups is 1. The van der Waals surface area contributed by atoms with Crippen LogP contribution < -0.4 is 0 Å². The molecule has 1 N–H and O–H groups in total. The number of carboxylic acids is 1. The highest BCUT2D eigenvalue weighted by Crippen LogP contribution is 2.35. The first-order valence-corrected chi connectivity index (χ1v) is 6.53. The van der Waals surface area contributed by atoms with Crippen LogP contribution in [0.2, 0.25) is 0 Å². The first-order valence-electron chi connectivity index (χ1n) is 6.53. The molecule has 3 heteroatoms. The van der Waals surface area contributed by atoms with E-state index in [0.29, 0.717) is 18.9 Å². The average Bonchev–Trinajstić information content (AvgIpc) is 3.16. The van der Waals surface area contributed by atoms with Crippen LogP contribution in [0, 0.1) is 12.8 Å². The first kappa shape index (κ1) is 13.1. The molecule has 98 valence electrons. The number of rotatable bonds is 6. The van der Waals surface area contributed by atoms with Crippen LogP contribution in [0.1, 0.15) is 37.3 Å². The predicted molar refractivity (Wildman–Crippen MR) is 69.5 cm³/mol. The molecule has 0 saturated heterocycles. The Morgan fingerprint density at radius 3 is 2.44 bits per heavy atom. The fraction of sp³-hybridized carbons (Fsp3) is 0.533. The second-order valence-corrected chi connectivity index (χ2v) is 5.11. The van der Waals surface area contributed by atoms with Gasteiger partial charge in [0.25, 0.3) is 0 Å². The lowest BCUT2D eigenvalue weighted by Crippen LogP contribution is -2.38. The molecule has 0 amide bonds. The SMILES string of the molecule is CCC(OCC1CC1)(C(=O)O)c1ccc(C)cc1. The maximum absolute atomic E-state index is 11.6. The van der Waals surface area contributed by atoms with E-state index in [1.165, 1.54) is 0 Å². The number of benzene rings is 1. The third-order valence-electron chi connectivity index (χ3n) is 3.62. The maximum Gasteiger partial charge on any atom is 0.340 e. The summed E-state index contributed by atoms with van der Waals surface area (Å²) in [5.41, 5.74) is 0.677. The summed E-state index contributed by atoms with van der Waals surface area (Å²) in [6.07, 6.45) is 2.76. The molecule has 0 spiro atoms. The van der Waals surface area contributed by atoms with Crippen LogP contribution in [0.5, 0.6) is 0 Å². The Hall–Kier alpha value is -1.35. The summed E-state index contributed by atoms with van der Waals surface area (Å²) in [7, 11) is 0. The molecule has 0 bridgehead atoms. The van der Waals surface area contributed by atoms with Gasteiger partial charge in [0.05, 0.1) is 6.61 Å². The summed E-state index contributed by atoms with van der Waals surface area (Å²) in [5.74, 6) is -0.338. The van der Waals surface area contributed by atoms with Crippen molar-refractivity contribution in [1.82, 2.24) is 0 Å². The van der Waals surface area contributed by atoms with Gasteiger partial charge in [-0.15, -0.1) is 0 Å². The van der Waals surface area contributed by atoms with Crippen LogP contribution in [0.3, 0.4) is 0 Å². The van der Waals surface area contributed by atoms with Gasteiger partial charge in [0, 0.05) is 0 Å². The highest BCUT2D eigenvalue weighted by molar-refractivity contribution is 5.79. The molecule has 18 heavy (non-hydrogen) atoms. The van der Waals surface area contributed by atoms with Crippen LogP contribution in [0.15, 0.2) is 24.3 Å². The van der Waals surface area contributed by atoms with Gasteiger partial charge < -0.3 is 9.84 Å².